The van der Waals surface area contributed by atoms with Crippen molar-refractivity contribution in [1.82, 2.24) is 9.62 Å². The van der Waals surface area contributed by atoms with E-state index in [-0.39, 0.29) is 18.1 Å². The fourth-order valence-electron chi connectivity index (χ4n) is 2.53. The Kier molecular flexibility index (Phi) is 5.47. The molecular weight excluding hydrogens is 356 g/mol. The van der Waals surface area contributed by atoms with Crippen molar-refractivity contribution in [2.75, 3.05) is 13.1 Å². The monoisotopic (exact) mass is 372 g/mol. The first kappa shape index (κ1) is 18.2. The number of nitro groups is 1. The van der Waals surface area contributed by atoms with E-state index < -0.39 is 37.5 Å². The van der Waals surface area contributed by atoms with Crippen LogP contribution in [0.2, 0.25) is 0 Å². The maximum atomic E-state index is 12.8. The smallest absolute Gasteiger partial charge is 0.289 e. The molecule has 2 rings (SSSR count). The van der Waals surface area contributed by atoms with Crippen LogP contribution < -0.4 is 11.1 Å². The molecule has 0 aromatic heterocycles. The maximum Gasteiger partial charge on any atom is 0.289 e. The molecule has 1 heterocycles. The summed E-state index contributed by atoms with van der Waals surface area (Å²) in [4.78, 5) is 22.2. The highest BCUT2D eigenvalue weighted by atomic mass is 32.2. The second-order valence-corrected chi connectivity index (χ2v) is 7.57. The number of rotatable bonds is 6. The molecule has 1 fully saturated rings. The molecule has 24 heavy (non-hydrogen) atoms. The Morgan fingerprint density at radius 1 is 1.46 bits per heavy atom. The molecule has 1 aromatic carbocycles. The standard InChI is InChI=1S/C13H16N4O5S2/c14-12(23)8-15-13(18)10-5-3-7-16(10)24(21,22)11-6-2-1-4-9(11)17(19)20/h1-2,4,6,10H,3,5,7-8H2,(H2,14,23)(H,15,18)/t10-/m1/s1. The Bertz CT molecular complexity index is 780. The molecule has 130 valence electrons. The molecule has 1 aromatic rings. The molecule has 0 saturated carbocycles. The van der Waals surface area contributed by atoms with Crippen molar-refractivity contribution in [3.63, 3.8) is 0 Å². The predicted molar refractivity (Wildman–Crippen MR) is 89.8 cm³/mol. The van der Waals surface area contributed by atoms with Crippen molar-refractivity contribution in [2.45, 2.75) is 23.8 Å². The number of nitrogens with one attached hydrogen (secondary N) is 1. The van der Waals surface area contributed by atoms with Crippen LogP contribution in [-0.2, 0) is 14.8 Å². The van der Waals surface area contributed by atoms with Crippen LogP contribution in [0.25, 0.3) is 0 Å². The van der Waals surface area contributed by atoms with E-state index in [4.69, 9.17) is 5.73 Å². The lowest BCUT2D eigenvalue weighted by atomic mass is 10.2. The Hall–Kier alpha value is -2.11. The highest BCUT2D eigenvalue weighted by Gasteiger charge is 2.41. The van der Waals surface area contributed by atoms with Gasteiger partial charge in [-0.05, 0) is 18.9 Å². The van der Waals surface area contributed by atoms with Crippen molar-refractivity contribution in [3.05, 3.63) is 34.4 Å². The molecule has 1 atom stereocenters. The van der Waals surface area contributed by atoms with Crippen LogP contribution in [-0.4, -0.2) is 47.7 Å². The minimum Gasteiger partial charge on any atom is -0.392 e. The molecule has 0 spiro atoms. The number of nitrogens with zero attached hydrogens (tertiary/aromatic N) is 2. The minimum atomic E-state index is -4.18. The number of para-hydroxylation sites is 1. The molecule has 3 N–H and O–H groups in total. The van der Waals surface area contributed by atoms with Crippen molar-refractivity contribution >= 4 is 38.8 Å². The highest BCUT2D eigenvalue weighted by molar-refractivity contribution is 7.89. The summed E-state index contributed by atoms with van der Waals surface area (Å²) in [6.45, 7) is 0.0730. The lowest BCUT2D eigenvalue weighted by Crippen LogP contribution is -2.47. The van der Waals surface area contributed by atoms with Crippen LogP contribution in [0.4, 0.5) is 5.69 Å². The van der Waals surface area contributed by atoms with Gasteiger partial charge in [0.1, 0.15) is 6.04 Å². The van der Waals surface area contributed by atoms with Crippen LogP contribution in [0.5, 0.6) is 0 Å². The first-order valence-corrected chi connectivity index (χ1v) is 8.91. The third-order valence-electron chi connectivity index (χ3n) is 3.59. The van der Waals surface area contributed by atoms with Crippen LogP contribution in [0.1, 0.15) is 12.8 Å². The van der Waals surface area contributed by atoms with Gasteiger partial charge in [-0.1, -0.05) is 24.4 Å². The number of hydrogen-bond acceptors (Lipinski definition) is 6. The number of hydrogen-bond donors (Lipinski definition) is 2. The largest absolute Gasteiger partial charge is 0.392 e. The third-order valence-corrected chi connectivity index (χ3v) is 5.69. The lowest BCUT2D eigenvalue weighted by molar-refractivity contribution is -0.387. The van der Waals surface area contributed by atoms with Crippen molar-refractivity contribution < 1.29 is 18.1 Å². The summed E-state index contributed by atoms with van der Waals surface area (Å²) in [7, 11) is -4.18. The van der Waals surface area contributed by atoms with Crippen molar-refractivity contribution in [1.29, 1.82) is 0 Å². The van der Waals surface area contributed by atoms with Gasteiger partial charge in [-0.25, -0.2) is 8.42 Å². The van der Waals surface area contributed by atoms with E-state index in [1.165, 1.54) is 12.1 Å². The number of carbonyl (C=O) groups excluding carboxylic acids is 1. The van der Waals surface area contributed by atoms with Crippen LogP contribution in [0.15, 0.2) is 29.2 Å². The summed E-state index contributed by atoms with van der Waals surface area (Å²) in [6, 6.07) is 4.12. The second-order valence-electron chi connectivity index (χ2n) is 5.18. The van der Waals surface area contributed by atoms with E-state index >= 15 is 0 Å². The molecule has 0 aliphatic carbocycles. The van der Waals surface area contributed by atoms with Crippen molar-refractivity contribution in [3.8, 4) is 0 Å². The average Bonchev–Trinajstić information content (AvgIpc) is 3.03. The fourth-order valence-corrected chi connectivity index (χ4v) is 4.42. The zero-order valence-corrected chi connectivity index (χ0v) is 14.2. The van der Waals surface area contributed by atoms with Gasteiger partial charge in [0.05, 0.1) is 16.5 Å². The Balaban J connectivity index is 2.33. The fraction of sp³-hybridized carbons (Fsp3) is 0.385. The van der Waals surface area contributed by atoms with Gasteiger partial charge in [-0.2, -0.15) is 4.31 Å². The quantitative estimate of drug-likeness (QED) is 0.412. The summed E-state index contributed by atoms with van der Waals surface area (Å²) in [6.07, 6.45) is 0.800. The van der Waals surface area contributed by atoms with Gasteiger partial charge in [-0.15, -0.1) is 0 Å². The van der Waals surface area contributed by atoms with Gasteiger partial charge >= 0.3 is 0 Å². The molecule has 0 unspecified atom stereocenters. The normalized spacial score (nSPS) is 18.2. The molecule has 1 aliphatic heterocycles. The van der Waals surface area contributed by atoms with Gasteiger partial charge < -0.3 is 11.1 Å². The summed E-state index contributed by atoms with van der Waals surface area (Å²) >= 11 is 4.67. The molecule has 1 saturated heterocycles. The van der Waals surface area contributed by atoms with E-state index in [0.717, 1.165) is 16.4 Å². The lowest BCUT2D eigenvalue weighted by Gasteiger charge is -2.23. The second kappa shape index (κ2) is 7.20. The van der Waals surface area contributed by atoms with Crippen molar-refractivity contribution in [2.24, 2.45) is 5.73 Å². The predicted octanol–water partition coefficient (Wildman–Crippen LogP) is 0.150. The molecule has 0 bridgehead atoms. The maximum absolute atomic E-state index is 12.8. The molecule has 1 aliphatic rings. The molecule has 11 heteroatoms. The van der Waals surface area contributed by atoms with E-state index in [0.29, 0.717) is 12.8 Å². The number of nitro benzene ring substituents is 1. The Morgan fingerprint density at radius 2 is 2.12 bits per heavy atom. The van der Waals surface area contributed by atoms with Crippen LogP contribution in [0.3, 0.4) is 0 Å². The molecular formula is C13H16N4O5S2. The van der Waals surface area contributed by atoms with E-state index in [2.05, 4.69) is 17.5 Å². The third kappa shape index (κ3) is 3.68. The van der Waals surface area contributed by atoms with Gasteiger partial charge in [0.25, 0.3) is 15.7 Å². The zero-order valence-electron chi connectivity index (χ0n) is 12.5. The van der Waals surface area contributed by atoms with Gasteiger partial charge in [0, 0.05) is 12.6 Å². The Labute approximate surface area is 144 Å². The Morgan fingerprint density at radius 3 is 2.75 bits per heavy atom. The zero-order chi connectivity index (χ0) is 17.9. The molecule has 0 radical (unpaired) electrons. The molecule has 9 nitrogen and oxygen atoms in total. The summed E-state index contributed by atoms with van der Waals surface area (Å²) in [5.41, 5.74) is 4.79. The first-order valence-electron chi connectivity index (χ1n) is 7.06. The van der Waals surface area contributed by atoms with E-state index in [1.54, 1.807) is 0 Å². The van der Waals surface area contributed by atoms with Crippen LogP contribution in [0, 0.1) is 10.1 Å². The van der Waals surface area contributed by atoms with E-state index in [1.807, 2.05) is 0 Å². The number of carbonyl (C=O) groups is 1. The minimum absolute atomic E-state index is 0.0377. The SMILES string of the molecule is NC(=S)CNC(=O)[C@H]1CCCN1S(=O)(=O)c1ccccc1[N+](=O)[O-]. The molecule has 1 amide bonds. The van der Waals surface area contributed by atoms with Crippen LogP contribution >= 0.6 is 12.2 Å². The van der Waals surface area contributed by atoms with E-state index in [9.17, 15) is 23.3 Å². The summed E-state index contributed by atoms with van der Waals surface area (Å²) < 4.78 is 26.6. The topological polar surface area (TPSA) is 136 Å². The van der Waals surface area contributed by atoms with Gasteiger partial charge in [0.15, 0.2) is 4.90 Å². The highest BCUT2D eigenvalue weighted by Crippen LogP contribution is 2.31. The number of amides is 1. The summed E-state index contributed by atoms with van der Waals surface area (Å²) in [5, 5.41) is 13.6. The van der Waals surface area contributed by atoms with Gasteiger partial charge in [0.2, 0.25) is 5.91 Å². The average molecular weight is 372 g/mol. The van der Waals surface area contributed by atoms with Gasteiger partial charge in [-0.3, -0.25) is 14.9 Å². The number of sulfonamides is 1. The summed E-state index contributed by atoms with van der Waals surface area (Å²) in [5.74, 6) is -0.526. The number of nitrogens with two attached hydrogens (primary N) is 1. The first-order chi connectivity index (χ1) is 11.2. The number of thiocarbonyl (C=S) groups is 1. The number of benzene rings is 1.